The minimum Gasteiger partial charge on any atom is -0.457 e. The number of hydrogen-bond acceptors (Lipinski definition) is 4. The van der Waals surface area contributed by atoms with E-state index in [1.807, 2.05) is 36.5 Å². The molecule has 0 bridgehead atoms. The Hall–Kier alpha value is -7.18. The van der Waals surface area contributed by atoms with Crippen LogP contribution in [0.5, 0.6) is 11.5 Å². The van der Waals surface area contributed by atoms with E-state index in [0.29, 0.717) is 6.67 Å². The molecule has 324 valence electrons. The van der Waals surface area contributed by atoms with Gasteiger partial charge in [0.15, 0.2) is 0 Å². The molecule has 3 heterocycles. The number of aromatic nitrogens is 2. The first kappa shape index (κ1) is 41.8. The standard InChI is InChI=1S/C59H55FN4O/c1-37(2)51-32-43(40-20-22-45(60)23-21-40)33-52(38(3)4)58(51)63-36-62(54-26-19-39(5)28-56(54)63)46-30-42(41-14-13-15-44(29-41)59(6,7)8)31-48(34-46)65-47-24-25-50-49-16-9-10-17-53(49)64(55(50)35-47)57-18-11-12-27-61-57/h9-35,37-38H,36H2,1-8H3. The number of benzene rings is 7. The summed E-state index contributed by atoms with van der Waals surface area (Å²) >= 11 is 0. The first-order chi connectivity index (χ1) is 31.3. The number of halogens is 1. The van der Waals surface area contributed by atoms with Crippen molar-refractivity contribution in [3.63, 3.8) is 0 Å². The zero-order chi connectivity index (χ0) is 45.1. The average Bonchev–Trinajstić information content (AvgIpc) is 3.84. The molecular formula is C59H55FN4O. The van der Waals surface area contributed by atoms with Gasteiger partial charge in [0.1, 0.15) is 29.8 Å². The lowest BCUT2D eigenvalue weighted by atomic mass is 9.85. The van der Waals surface area contributed by atoms with Crippen LogP contribution in [-0.2, 0) is 5.41 Å². The maximum Gasteiger partial charge on any atom is 0.137 e. The summed E-state index contributed by atoms with van der Waals surface area (Å²) in [4.78, 5) is 9.71. The van der Waals surface area contributed by atoms with Gasteiger partial charge >= 0.3 is 0 Å². The van der Waals surface area contributed by atoms with Gasteiger partial charge in [-0.25, -0.2) is 9.37 Å². The molecule has 5 nitrogen and oxygen atoms in total. The van der Waals surface area contributed by atoms with Gasteiger partial charge in [-0.15, -0.1) is 0 Å². The predicted octanol–water partition coefficient (Wildman–Crippen LogP) is 16.5. The van der Waals surface area contributed by atoms with E-state index >= 15 is 0 Å². The first-order valence-electron chi connectivity index (χ1n) is 22.8. The quantitative estimate of drug-likeness (QED) is 0.145. The molecule has 0 unspecified atom stereocenters. The summed E-state index contributed by atoms with van der Waals surface area (Å²) in [7, 11) is 0. The molecule has 0 fully saturated rings. The van der Waals surface area contributed by atoms with Crippen LogP contribution in [0.15, 0.2) is 164 Å². The van der Waals surface area contributed by atoms with Crippen molar-refractivity contribution < 1.29 is 9.13 Å². The number of rotatable bonds is 9. The Kier molecular flexibility index (Phi) is 10.6. The van der Waals surface area contributed by atoms with Crippen LogP contribution in [0.1, 0.15) is 82.6 Å². The highest BCUT2D eigenvalue weighted by atomic mass is 19.1. The minimum atomic E-state index is -0.229. The van der Waals surface area contributed by atoms with Crippen molar-refractivity contribution in [2.75, 3.05) is 16.5 Å². The van der Waals surface area contributed by atoms with Crippen molar-refractivity contribution in [1.29, 1.82) is 0 Å². The molecule has 65 heavy (non-hydrogen) atoms. The number of anilines is 4. The van der Waals surface area contributed by atoms with Crippen LogP contribution in [0.4, 0.5) is 27.1 Å². The second-order valence-corrected chi connectivity index (χ2v) is 19.2. The summed E-state index contributed by atoms with van der Waals surface area (Å²) in [6.07, 6.45) is 1.84. The van der Waals surface area contributed by atoms with Gasteiger partial charge in [0.25, 0.3) is 0 Å². The smallest absolute Gasteiger partial charge is 0.137 e. The summed E-state index contributed by atoms with van der Waals surface area (Å²) in [6.45, 7) is 18.7. The fourth-order valence-electron chi connectivity index (χ4n) is 9.48. The van der Waals surface area contributed by atoms with Crippen molar-refractivity contribution in [2.45, 2.75) is 72.6 Å². The average molecular weight is 855 g/mol. The molecule has 7 aromatic carbocycles. The lowest BCUT2D eigenvalue weighted by Gasteiger charge is -2.30. The molecule has 1 aliphatic rings. The van der Waals surface area contributed by atoms with Crippen LogP contribution < -0.4 is 14.5 Å². The van der Waals surface area contributed by atoms with Crippen LogP contribution in [0.25, 0.3) is 49.9 Å². The fraction of sp³-hybridized carbons (Fsp3) is 0.203. The Morgan fingerprint density at radius 3 is 2.02 bits per heavy atom. The van der Waals surface area contributed by atoms with Crippen molar-refractivity contribution in [2.24, 2.45) is 0 Å². The Morgan fingerprint density at radius 2 is 1.29 bits per heavy atom. The number of ether oxygens (including phenoxy) is 1. The number of para-hydroxylation sites is 1. The Labute approximate surface area is 382 Å². The SMILES string of the molecule is Cc1ccc2c(c1)N(c1c(C(C)C)cc(-c3ccc(F)cc3)cc1C(C)C)CN2c1cc(Oc2ccc3c4ccccc4n(-c4ccccn4)c3c2)cc(-c2cccc(C(C)(C)C)c2)c1. The summed E-state index contributed by atoms with van der Waals surface area (Å²) in [5.74, 6) is 2.59. The molecule has 0 saturated heterocycles. The van der Waals surface area contributed by atoms with Crippen LogP contribution in [-0.4, -0.2) is 16.2 Å². The molecule has 0 aliphatic carbocycles. The molecule has 9 aromatic rings. The summed E-state index contributed by atoms with van der Waals surface area (Å²) < 4.78 is 23.3. The van der Waals surface area contributed by atoms with Crippen molar-refractivity contribution >= 4 is 44.6 Å². The van der Waals surface area contributed by atoms with E-state index in [9.17, 15) is 4.39 Å². The number of pyridine rings is 1. The van der Waals surface area contributed by atoms with E-state index in [0.717, 1.165) is 67.4 Å². The molecular weight excluding hydrogens is 800 g/mol. The molecule has 10 rings (SSSR count). The van der Waals surface area contributed by atoms with Crippen LogP contribution >= 0.6 is 0 Å². The molecule has 0 amide bonds. The minimum absolute atomic E-state index is 0.0187. The summed E-state index contributed by atoms with van der Waals surface area (Å²) in [5.41, 5.74) is 16.0. The van der Waals surface area contributed by atoms with E-state index in [-0.39, 0.29) is 23.1 Å². The molecule has 2 aromatic heterocycles. The van der Waals surface area contributed by atoms with E-state index in [1.54, 1.807) is 12.1 Å². The van der Waals surface area contributed by atoms with Gasteiger partial charge in [-0.05, 0) is 148 Å². The third-order valence-electron chi connectivity index (χ3n) is 12.9. The van der Waals surface area contributed by atoms with Crippen LogP contribution in [0, 0.1) is 12.7 Å². The van der Waals surface area contributed by atoms with E-state index in [2.05, 4.69) is 185 Å². The highest BCUT2D eigenvalue weighted by Gasteiger charge is 2.33. The largest absolute Gasteiger partial charge is 0.457 e. The predicted molar refractivity (Wildman–Crippen MR) is 270 cm³/mol. The van der Waals surface area contributed by atoms with Gasteiger partial charge in [0.05, 0.1) is 22.4 Å². The second-order valence-electron chi connectivity index (χ2n) is 19.2. The zero-order valence-electron chi connectivity index (χ0n) is 38.5. The van der Waals surface area contributed by atoms with Crippen molar-refractivity contribution in [1.82, 2.24) is 9.55 Å². The van der Waals surface area contributed by atoms with Gasteiger partial charge in [-0.3, -0.25) is 4.57 Å². The van der Waals surface area contributed by atoms with E-state index in [1.165, 1.54) is 39.0 Å². The molecule has 0 spiro atoms. The Balaban J connectivity index is 1.12. The maximum atomic E-state index is 14.1. The number of aryl methyl sites for hydroxylation is 1. The monoisotopic (exact) mass is 854 g/mol. The number of nitrogens with zero attached hydrogens (tertiary/aromatic N) is 4. The molecule has 0 saturated carbocycles. The van der Waals surface area contributed by atoms with Gasteiger partial charge in [-0.2, -0.15) is 0 Å². The number of fused-ring (bicyclic) bond motifs is 4. The maximum absolute atomic E-state index is 14.1. The van der Waals surface area contributed by atoms with Crippen LogP contribution in [0.3, 0.4) is 0 Å². The molecule has 0 radical (unpaired) electrons. The highest BCUT2D eigenvalue weighted by molar-refractivity contribution is 6.09. The third kappa shape index (κ3) is 7.81. The van der Waals surface area contributed by atoms with Crippen molar-refractivity contribution in [3.8, 4) is 39.6 Å². The lowest BCUT2D eigenvalue weighted by Crippen LogP contribution is -2.26. The van der Waals surface area contributed by atoms with E-state index < -0.39 is 0 Å². The highest BCUT2D eigenvalue weighted by Crippen LogP contribution is 2.51. The molecule has 1 aliphatic heterocycles. The van der Waals surface area contributed by atoms with Crippen molar-refractivity contribution in [3.05, 3.63) is 192 Å². The third-order valence-corrected chi connectivity index (χ3v) is 12.9. The van der Waals surface area contributed by atoms with Gasteiger partial charge < -0.3 is 14.5 Å². The second kappa shape index (κ2) is 16.4. The topological polar surface area (TPSA) is 33.5 Å². The van der Waals surface area contributed by atoms with E-state index in [4.69, 9.17) is 9.72 Å². The number of hydrogen-bond donors (Lipinski definition) is 0. The summed E-state index contributed by atoms with van der Waals surface area (Å²) in [5, 5.41) is 2.31. The van der Waals surface area contributed by atoms with Gasteiger partial charge in [-0.1, -0.05) is 115 Å². The van der Waals surface area contributed by atoms with Gasteiger partial charge in [0.2, 0.25) is 0 Å². The van der Waals surface area contributed by atoms with Gasteiger partial charge in [0, 0.05) is 40.5 Å². The van der Waals surface area contributed by atoms with Crippen LogP contribution in [0.2, 0.25) is 0 Å². The zero-order valence-corrected chi connectivity index (χ0v) is 38.5. The lowest BCUT2D eigenvalue weighted by molar-refractivity contribution is 0.483. The normalized spacial score (nSPS) is 12.8. The Morgan fingerprint density at radius 1 is 0.569 bits per heavy atom. The summed E-state index contributed by atoms with van der Waals surface area (Å²) in [6, 6.07) is 54.8. The molecule has 0 N–H and O–H groups in total. The Bertz CT molecular complexity index is 3200. The first-order valence-corrected chi connectivity index (χ1v) is 22.8. The fourth-order valence-corrected chi connectivity index (χ4v) is 9.48. The molecule has 6 heteroatoms. The molecule has 0 atom stereocenters.